The highest BCUT2D eigenvalue weighted by Gasteiger charge is 2.38. The smallest absolute Gasteiger partial charge is 0.206 e. The molecule has 2 nitrogen and oxygen atoms in total. The van der Waals surface area contributed by atoms with Gasteiger partial charge in [-0.2, -0.15) is 0 Å². The molecule has 0 atom stereocenters. The zero-order valence-corrected chi connectivity index (χ0v) is 16.4. The molecule has 0 amide bonds. The van der Waals surface area contributed by atoms with Crippen molar-refractivity contribution in [2.24, 2.45) is 0 Å². The second-order valence-electron chi connectivity index (χ2n) is 4.81. The standard InChI is InChI=1S/C14H6Br2O2S3/c1-3-4(2)19-10-5(3)8(17)11-6(9(10)18)7-12(20-11)14(16)21-13(7)15/h1-2H3. The third-order valence-corrected chi connectivity index (χ3v) is 9.05. The molecular formula is C14H6Br2O2S3. The molecule has 0 saturated heterocycles. The van der Waals surface area contributed by atoms with E-state index in [1.807, 2.05) is 13.8 Å². The fourth-order valence-electron chi connectivity index (χ4n) is 2.60. The van der Waals surface area contributed by atoms with Crippen LogP contribution in [0.3, 0.4) is 0 Å². The number of aryl methyl sites for hydroxylation is 1. The molecule has 3 heterocycles. The van der Waals surface area contributed by atoms with Crippen LogP contribution in [0.15, 0.2) is 7.57 Å². The molecule has 3 aromatic heterocycles. The predicted molar refractivity (Wildman–Crippen MR) is 95.8 cm³/mol. The lowest BCUT2D eigenvalue weighted by molar-refractivity contribution is 0.0986. The van der Waals surface area contributed by atoms with Gasteiger partial charge in [0.25, 0.3) is 0 Å². The summed E-state index contributed by atoms with van der Waals surface area (Å²) >= 11 is 11.4. The maximum absolute atomic E-state index is 12.9. The van der Waals surface area contributed by atoms with Crippen LogP contribution in [0, 0.1) is 13.8 Å². The highest BCUT2D eigenvalue weighted by Crippen LogP contribution is 2.50. The van der Waals surface area contributed by atoms with Gasteiger partial charge in [0.1, 0.15) is 0 Å². The van der Waals surface area contributed by atoms with Gasteiger partial charge in [-0.15, -0.1) is 34.0 Å². The lowest BCUT2D eigenvalue weighted by Crippen LogP contribution is -2.17. The summed E-state index contributed by atoms with van der Waals surface area (Å²) < 4.78 is 2.83. The molecule has 0 saturated carbocycles. The van der Waals surface area contributed by atoms with Crippen LogP contribution in [-0.4, -0.2) is 11.6 Å². The van der Waals surface area contributed by atoms with Gasteiger partial charge in [0.2, 0.25) is 11.6 Å². The molecule has 0 fully saturated rings. The Balaban J connectivity index is 2.14. The van der Waals surface area contributed by atoms with Gasteiger partial charge in [-0.25, -0.2) is 0 Å². The minimum atomic E-state index is -0.0157. The molecule has 1 aliphatic carbocycles. The summed E-state index contributed by atoms with van der Waals surface area (Å²) in [5.74, 6) is -0.0236. The van der Waals surface area contributed by atoms with Crippen LogP contribution in [0.4, 0.5) is 0 Å². The van der Waals surface area contributed by atoms with E-state index in [0.717, 1.165) is 28.1 Å². The van der Waals surface area contributed by atoms with E-state index in [4.69, 9.17) is 0 Å². The van der Waals surface area contributed by atoms with Crippen molar-refractivity contribution in [1.29, 1.82) is 0 Å². The van der Waals surface area contributed by atoms with Crippen LogP contribution < -0.4 is 0 Å². The van der Waals surface area contributed by atoms with Crippen LogP contribution in [0.2, 0.25) is 0 Å². The van der Waals surface area contributed by atoms with Crippen molar-refractivity contribution < 1.29 is 9.59 Å². The van der Waals surface area contributed by atoms with Gasteiger partial charge in [0.05, 0.1) is 27.6 Å². The number of halogens is 2. The Labute approximate surface area is 149 Å². The third-order valence-electron chi connectivity index (χ3n) is 3.71. The van der Waals surface area contributed by atoms with E-state index in [1.54, 1.807) is 0 Å². The Morgan fingerprint density at radius 3 is 2.14 bits per heavy atom. The predicted octanol–water partition coefficient (Wildman–Crippen LogP) is 5.94. The molecule has 4 rings (SSSR count). The number of carbonyl (C=O) groups is 2. The number of carbonyl (C=O) groups excluding carboxylic acids is 2. The summed E-state index contributed by atoms with van der Waals surface area (Å²) in [6, 6.07) is 0. The van der Waals surface area contributed by atoms with Gasteiger partial charge in [-0.05, 0) is 51.3 Å². The summed E-state index contributed by atoms with van der Waals surface area (Å²) in [6.07, 6.45) is 0. The zero-order chi connectivity index (χ0) is 15.0. The molecule has 0 N–H and O–H groups in total. The van der Waals surface area contributed by atoms with Crippen LogP contribution in [0.5, 0.6) is 0 Å². The summed E-state index contributed by atoms with van der Waals surface area (Å²) in [7, 11) is 0. The fourth-order valence-corrected chi connectivity index (χ4v) is 8.35. The maximum Gasteiger partial charge on any atom is 0.206 e. The summed E-state index contributed by atoms with van der Waals surface area (Å²) in [6.45, 7) is 3.88. The molecule has 0 aromatic carbocycles. The van der Waals surface area contributed by atoms with Crippen LogP contribution in [0.1, 0.15) is 40.9 Å². The minimum absolute atomic E-state index is 0.00792. The van der Waals surface area contributed by atoms with E-state index >= 15 is 0 Å². The fraction of sp³-hybridized carbons (Fsp3) is 0.143. The van der Waals surface area contributed by atoms with E-state index in [0.29, 0.717) is 20.9 Å². The van der Waals surface area contributed by atoms with Crippen LogP contribution >= 0.6 is 65.9 Å². The van der Waals surface area contributed by atoms with Gasteiger partial charge < -0.3 is 0 Å². The Morgan fingerprint density at radius 2 is 1.43 bits per heavy atom. The van der Waals surface area contributed by atoms with E-state index < -0.39 is 0 Å². The lowest BCUT2D eigenvalue weighted by atomic mass is 9.92. The molecule has 21 heavy (non-hydrogen) atoms. The van der Waals surface area contributed by atoms with E-state index in [1.165, 1.54) is 34.0 Å². The van der Waals surface area contributed by atoms with Crippen molar-refractivity contribution in [1.82, 2.24) is 0 Å². The SMILES string of the molecule is Cc1sc2c(c1C)C(=O)c1sc3c(Br)sc(Br)c3c1C2=O. The Morgan fingerprint density at radius 1 is 0.810 bits per heavy atom. The number of rotatable bonds is 0. The van der Waals surface area contributed by atoms with E-state index in [2.05, 4.69) is 31.9 Å². The van der Waals surface area contributed by atoms with Crippen LogP contribution in [-0.2, 0) is 0 Å². The molecule has 1 aliphatic rings. The molecule has 0 unspecified atom stereocenters. The first kappa shape index (κ1) is 14.3. The maximum atomic E-state index is 12.9. The van der Waals surface area contributed by atoms with Crippen molar-refractivity contribution in [3.05, 3.63) is 38.9 Å². The molecule has 3 aromatic rings. The largest absolute Gasteiger partial charge is 0.288 e. The van der Waals surface area contributed by atoms with Crippen molar-refractivity contribution in [2.75, 3.05) is 0 Å². The van der Waals surface area contributed by atoms with Gasteiger partial charge in [-0.1, -0.05) is 0 Å². The van der Waals surface area contributed by atoms with Crippen molar-refractivity contribution in [3.63, 3.8) is 0 Å². The zero-order valence-electron chi connectivity index (χ0n) is 10.8. The second kappa shape index (κ2) is 4.58. The van der Waals surface area contributed by atoms with E-state index in [-0.39, 0.29) is 11.6 Å². The van der Waals surface area contributed by atoms with Crippen molar-refractivity contribution in [3.8, 4) is 0 Å². The number of hydrogen-bond donors (Lipinski definition) is 0. The average molecular weight is 462 g/mol. The number of ketones is 2. The summed E-state index contributed by atoms with van der Waals surface area (Å²) in [5, 5.41) is 0.875. The van der Waals surface area contributed by atoms with Gasteiger partial charge in [0.15, 0.2) is 0 Å². The van der Waals surface area contributed by atoms with Crippen molar-refractivity contribution >= 4 is 87.5 Å². The first-order chi connectivity index (χ1) is 9.91. The molecule has 0 spiro atoms. The monoisotopic (exact) mass is 460 g/mol. The summed E-state index contributed by atoms with van der Waals surface area (Å²) in [5.41, 5.74) is 2.12. The van der Waals surface area contributed by atoms with Crippen molar-refractivity contribution in [2.45, 2.75) is 13.8 Å². The third kappa shape index (κ3) is 1.72. The van der Waals surface area contributed by atoms with Gasteiger partial charge in [-0.3, -0.25) is 9.59 Å². The molecule has 0 radical (unpaired) electrons. The molecule has 7 heteroatoms. The molecule has 0 aliphatic heterocycles. The first-order valence-corrected chi connectivity index (χ1v) is 10.0. The quantitative estimate of drug-likeness (QED) is 0.324. The number of hydrogen-bond acceptors (Lipinski definition) is 5. The summed E-state index contributed by atoms with van der Waals surface area (Å²) in [4.78, 5) is 27.9. The first-order valence-electron chi connectivity index (χ1n) is 6.01. The van der Waals surface area contributed by atoms with Crippen LogP contribution in [0.25, 0.3) is 10.1 Å². The number of fused-ring (bicyclic) bond motifs is 4. The topological polar surface area (TPSA) is 34.1 Å². The highest BCUT2D eigenvalue weighted by molar-refractivity contribution is 9.12. The number of thiophene rings is 3. The minimum Gasteiger partial charge on any atom is -0.288 e. The Kier molecular flexibility index (Phi) is 3.11. The molecule has 0 bridgehead atoms. The molecule has 106 valence electrons. The Bertz CT molecular complexity index is 975. The normalized spacial score (nSPS) is 13.9. The average Bonchev–Trinajstić information content (AvgIpc) is 3.04. The van der Waals surface area contributed by atoms with Gasteiger partial charge >= 0.3 is 0 Å². The van der Waals surface area contributed by atoms with E-state index in [9.17, 15) is 9.59 Å². The van der Waals surface area contributed by atoms with Gasteiger partial charge in [0, 0.05) is 15.8 Å². The highest BCUT2D eigenvalue weighted by atomic mass is 79.9. The lowest BCUT2D eigenvalue weighted by Gasteiger charge is -2.11. The second-order valence-corrected chi connectivity index (χ2v) is 10.7. The Hall–Kier alpha value is -0.340. The molecular weight excluding hydrogens is 456 g/mol.